The van der Waals surface area contributed by atoms with E-state index in [2.05, 4.69) is 41.5 Å². The third-order valence-electron chi connectivity index (χ3n) is 4.01. The highest BCUT2D eigenvalue weighted by molar-refractivity contribution is 5.74. The molecular formula is C23H22N6. The van der Waals surface area contributed by atoms with Gasteiger partial charge in [0, 0.05) is 7.05 Å². The molecular weight excluding hydrogens is 360 g/mol. The van der Waals surface area contributed by atoms with Crippen molar-refractivity contribution in [3.05, 3.63) is 108 Å². The van der Waals surface area contributed by atoms with Gasteiger partial charge in [-0.2, -0.15) is 10.5 Å². The molecule has 0 fully saturated rings. The van der Waals surface area contributed by atoms with Crippen molar-refractivity contribution in [2.75, 3.05) is 7.05 Å². The van der Waals surface area contributed by atoms with Gasteiger partial charge in [0.1, 0.15) is 11.6 Å². The Kier molecular flexibility index (Phi) is 7.24. The van der Waals surface area contributed by atoms with Crippen LogP contribution in [0.4, 0.5) is 0 Å². The number of nitrogens with two attached hydrogens (primary N) is 1. The number of allylic oxidation sites excluding steroid dienone is 4. The molecule has 2 aromatic carbocycles. The highest BCUT2D eigenvalue weighted by Crippen LogP contribution is 2.16. The highest BCUT2D eigenvalue weighted by Gasteiger charge is 2.02. The van der Waals surface area contributed by atoms with Gasteiger partial charge in [-0.1, -0.05) is 37.4 Å². The van der Waals surface area contributed by atoms with E-state index in [1.807, 2.05) is 24.3 Å². The average Bonchev–Trinajstić information content (AvgIpc) is 2.76. The number of benzene rings is 2. The van der Waals surface area contributed by atoms with Crippen LogP contribution in [0.3, 0.4) is 0 Å². The first-order valence-electron chi connectivity index (χ1n) is 8.74. The molecule has 0 saturated heterocycles. The van der Waals surface area contributed by atoms with Gasteiger partial charge in [0.15, 0.2) is 0 Å². The van der Waals surface area contributed by atoms with Gasteiger partial charge in [0.2, 0.25) is 0 Å². The van der Waals surface area contributed by atoms with Gasteiger partial charge in [-0.05, 0) is 58.7 Å². The monoisotopic (exact) mass is 382 g/mol. The minimum Gasteiger partial charge on any atom is -0.384 e. The topological polar surface area (TPSA) is 110 Å². The lowest BCUT2D eigenvalue weighted by Gasteiger charge is -2.14. The van der Waals surface area contributed by atoms with Crippen LogP contribution >= 0.6 is 0 Å². The average molecular weight is 382 g/mol. The molecule has 0 saturated carbocycles. The summed E-state index contributed by atoms with van der Waals surface area (Å²) in [6.07, 6.45) is 3.49. The van der Waals surface area contributed by atoms with E-state index in [9.17, 15) is 0 Å². The van der Waals surface area contributed by atoms with E-state index < -0.39 is 0 Å². The summed E-state index contributed by atoms with van der Waals surface area (Å²) in [5, 5.41) is 20.9. The fraction of sp³-hybridized carbons (Fsp3) is 0.0435. The highest BCUT2D eigenvalue weighted by atomic mass is 15.4. The fourth-order valence-corrected chi connectivity index (χ4v) is 2.42. The van der Waals surface area contributed by atoms with E-state index in [1.165, 1.54) is 0 Å². The van der Waals surface area contributed by atoms with Crippen molar-refractivity contribution in [3.8, 4) is 12.1 Å². The van der Waals surface area contributed by atoms with Gasteiger partial charge < -0.3 is 11.1 Å². The Morgan fingerprint density at radius 3 is 2.17 bits per heavy atom. The molecule has 0 radical (unpaired) electrons. The Morgan fingerprint density at radius 1 is 0.897 bits per heavy atom. The molecule has 0 heterocycles. The lowest BCUT2D eigenvalue weighted by molar-refractivity contribution is 0.641. The minimum atomic E-state index is 0.350. The zero-order valence-electron chi connectivity index (χ0n) is 16.2. The van der Waals surface area contributed by atoms with Gasteiger partial charge in [-0.3, -0.25) is 10.9 Å². The number of hydrogen-bond acceptors (Lipinski definition) is 6. The van der Waals surface area contributed by atoms with E-state index in [1.54, 1.807) is 43.5 Å². The molecule has 0 aliphatic heterocycles. The molecule has 0 unspecified atom stereocenters. The second-order valence-electron chi connectivity index (χ2n) is 6.09. The summed E-state index contributed by atoms with van der Waals surface area (Å²) >= 11 is 0. The molecule has 0 aliphatic carbocycles. The van der Waals surface area contributed by atoms with Gasteiger partial charge in [0.05, 0.1) is 23.3 Å². The van der Waals surface area contributed by atoms with Crippen molar-refractivity contribution >= 4 is 11.1 Å². The normalized spacial score (nSPS) is 11.0. The van der Waals surface area contributed by atoms with E-state index in [4.69, 9.17) is 16.3 Å². The van der Waals surface area contributed by atoms with E-state index in [0.717, 1.165) is 16.7 Å². The number of nitriles is 2. The van der Waals surface area contributed by atoms with E-state index in [0.29, 0.717) is 28.3 Å². The van der Waals surface area contributed by atoms with Crippen molar-refractivity contribution in [2.24, 2.45) is 5.73 Å². The molecule has 29 heavy (non-hydrogen) atoms. The quantitative estimate of drug-likeness (QED) is 0.412. The van der Waals surface area contributed by atoms with Crippen LogP contribution in [0, 0.1) is 22.7 Å². The molecule has 5 N–H and O–H groups in total. The zero-order chi connectivity index (χ0) is 21.2. The first-order valence-corrected chi connectivity index (χ1v) is 8.74. The SMILES string of the molecule is C=C(/C=C(/N)NN/C(=C/C(=C)c1ccc(C#N)cc1)NC)c1cccc(C#N)c1. The van der Waals surface area contributed by atoms with Crippen molar-refractivity contribution in [2.45, 2.75) is 0 Å². The minimum absolute atomic E-state index is 0.350. The molecule has 6 nitrogen and oxygen atoms in total. The molecule has 0 atom stereocenters. The number of nitrogens with one attached hydrogen (secondary N) is 3. The number of nitrogens with zero attached hydrogens (tertiary/aromatic N) is 2. The van der Waals surface area contributed by atoms with Gasteiger partial charge in [-0.15, -0.1) is 0 Å². The Hall–Kier alpha value is -4.42. The first-order chi connectivity index (χ1) is 14.0. The molecule has 6 heteroatoms. The molecule has 2 rings (SSSR count). The smallest absolute Gasteiger partial charge is 0.118 e. The maximum absolute atomic E-state index is 9.00. The summed E-state index contributed by atoms with van der Waals surface area (Å²) in [6, 6.07) is 18.5. The van der Waals surface area contributed by atoms with Crippen LogP contribution in [0.1, 0.15) is 22.3 Å². The lowest BCUT2D eigenvalue weighted by atomic mass is 10.0. The molecule has 0 spiro atoms. The largest absolute Gasteiger partial charge is 0.384 e. The van der Waals surface area contributed by atoms with Crippen molar-refractivity contribution in [1.82, 2.24) is 16.2 Å². The first kappa shape index (κ1) is 20.9. The molecule has 0 bridgehead atoms. The van der Waals surface area contributed by atoms with Crippen LogP contribution in [0.15, 0.2) is 85.5 Å². The van der Waals surface area contributed by atoms with E-state index in [-0.39, 0.29) is 0 Å². The standard InChI is InChI=1S/C23H22N6/c1-16(21-6-4-5-19(13-21)15-25)11-22(26)28-29-23(27-3)12-17(2)20-9-7-18(14-24)8-10-20/h4-13,27-29H,1-2,26H2,3H3/b22-11-,23-12+. The Balaban J connectivity index is 2.03. The maximum atomic E-state index is 9.00. The summed E-state index contributed by atoms with van der Waals surface area (Å²) in [6.45, 7) is 8.04. The molecule has 0 amide bonds. The maximum Gasteiger partial charge on any atom is 0.118 e. The number of hydrazine groups is 1. The van der Waals surface area contributed by atoms with Crippen LogP contribution in [0.25, 0.3) is 11.1 Å². The van der Waals surface area contributed by atoms with Crippen LogP contribution in [-0.2, 0) is 0 Å². The van der Waals surface area contributed by atoms with Crippen LogP contribution in [-0.4, -0.2) is 7.05 Å². The van der Waals surface area contributed by atoms with Crippen molar-refractivity contribution < 1.29 is 0 Å². The predicted octanol–water partition coefficient (Wildman–Crippen LogP) is 3.11. The Morgan fingerprint density at radius 2 is 1.55 bits per heavy atom. The molecule has 0 aliphatic rings. The van der Waals surface area contributed by atoms with Crippen LogP contribution < -0.4 is 21.9 Å². The zero-order valence-corrected chi connectivity index (χ0v) is 16.2. The van der Waals surface area contributed by atoms with Crippen molar-refractivity contribution in [3.63, 3.8) is 0 Å². The Labute approximate surface area is 170 Å². The summed E-state index contributed by atoms with van der Waals surface area (Å²) in [4.78, 5) is 0. The third-order valence-corrected chi connectivity index (χ3v) is 4.01. The second kappa shape index (κ2) is 10.1. The van der Waals surface area contributed by atoms with Gasteiger partial charge in [-0.25, -0.2) is 0 Å². The lowest BCUT2D eigenvalue weighted by Crippen LogP contribution is -2.38. The predicted molar refractivity (Wildman–Crippen MR) is 116 cm³/mol. The summed E-state index contributed by atoms with van der Waals surface area (Å²) in [5.74, 6) is 0.996. The molecule has 144 valence electrons. The van der Waals surface area contributed by atoms with E-state index >= 15 is 0 Å². The summed E-state index contributed by atoms with van der Waals surface area (Å²) in [5.41, 5.74) is 16.2. The fourth-order valence-electron chi connectivity index (χ4n) is 2.42. The summed E-state index contributed by atoms with van der Waals surface area (Å²) < 4.78 is 0. The third kappa shape index (κ3) is 6.06. The van der Waals surface area contributed by atoms with Gasteiger partial charge >= 0.3 is 0 Å². The number of hydrogen-bond donors (Lipinski definition) is 4. The molecule has 0 aromatic heterocycles. The van der Waals surface area contributed by atoms with Crippen LogP contribution in [0.5, 0.6) is 0 Å². The summed E-state index contributed by atoms with van der Waals surface area (Å²) in [7, 11) is 1.76. The number of rotatable bonds is 8. The second-order valence-corrected chi connectivity index (χ2v) is 6.09. The van der Waals surface area contributed by atoms with Crippen LogP contribution in [0.2, 0.25) is 0 Å². The molecule has 2 aromatic rings. The van der Waals surface area contributed by atoms with Crippen molar-refractivity contribution in [1.29, 1.82) is 10.5 Å². The Bertz CT molecular complexity index is 1050. The van der Waals surface area contributed by atoms with Gasteiger partial charge in [0.25, 0.3) is 0 Å².